The Hall–Kier alpha value is -2.14. The van der Waals surface area contributed by atoms with Crippen molar-refractivity contribution < 1.29 is 9.90 Å². The van der Waals surface area contributed by atoms with Gasteiger partial charge in [0.25, 0.3) is 0 Å². The van der Waals surface area contributed by atoms with Gasteiger partial charge in [-0.15, -0.1) is 0 Å². The minimum absolute atomic E-state index is 0.361. The zero-order chi connectivity index (χ0) is 16.5. The number of hydrogen-bond acceptors (Lipinski definition) is 3. The summed E-state index contributed by atoms with van der Waals surface area (Å²) in [5.41, 5.74) is 2.93. The smallest absolute Gasteiger partial charge is 0.335 e. The maximum atomic E-state index is 11.0. The number of imidazole rings is 1. The summed E-state index contributed by atoms with van der Waals surface area (Å²) < 4.78 is 2.34. The number of likely N-dealkylation sites (tertiary alicyclic amines) is 1. The Labute approximate surface area is 141 Å². The Kier molecular flexibility index (Phi) is 4.10. The van der Waals surface area contributed by atoms with E-state index in [1.807, 2.05) is 24.7 Å². The summed E-state index contributed by atoms with van der Waals surface area (Å²) in [5, 5.41) is 9.03. The molecular formula is C19H23N3O2. The molecule has 2 heterocycles. The minimum atomic E-state index is -0.861. The number of aromatic nitrogens is 2. The second-order valence-electron chi connectivity index (χ2n) is 7.02. The molecule has 1 N–H and O–H groups in total. The molecule has 4 rings (SSSR count). The molecule has 0 radical (unpaired) electrons. The molecule has 1 aromatic heterocycles. The number of piperidine rings is 1. The van der Waals surface area contributed by atoms with Crippen LogP contribution < -0.4 is 0 Å². The molecule has 1 aromatic carbocycles. The van der Waals surface area contributed by atoms with Gasteiger partial charge in [0.2, 0.25) is 0 Å². The van der Waals surface area contributed by atoms with Gasteiger partial charge in [-0.3, -0.25) is 4.90 Å². The van der Waals surface area contributed by atoms with Crippen LogP contribution in [0, 0.1) is 0 Å². The van der Waals surface area contributed by atoms with E-state index < -0.39 is 5.97 Å². The number of carbonyl (C=O) groups is 1. The number of hydrogen-bond donors (Lipinski definition) is 1. The molecule has 2 fully saturated rings. The summed E-state index contributed by atoms with van der Waals surface area (Å²) in [5.74, 6) is -0.376. The van der Waals surface area contributed by atoms with Crippen LogP contribution in [0.2, 0.25) is 0 Å². The van der Waals surface area contributed by atoms with Gasteiger partial charge in [0, 0.05) is 25.3 Å². The number of nitrogens with zero attached hydrogens (tertiary/aromatic N) is 3. The highest BCUT2D eigenvalue weighted by Gasteiger charge is 2.27. The van der Waals surface area contributed by atoms with Gasteiger partial charge in [-0.25, -0.2) is 9.78 Å². The second-order valence-corrected chi connectivity index (χ2v) is 7.02. The molecule has 1 saturated heterocycles. The predicted molar refractivity (Wildman–Crippen MR) is 91.2 cm³/mol. The largest absolute Gasteiger partial charge is 0.478 e. The van der Waals surface area contributed by atoms with E-state index in [0.29, 0.717) is 17.5 Å². The van der Waals surface area contributed by atoms with Crippen molar-refractivity contribution in [2.75, 3.05) is 13.1 Å². The fourth-order valence-corrected chi connectivity index (χ4v) is 3.73. The van der Waals surface area contributed by atoms with Gasteiger partial charge in [-0.1, -0.05) is 12.1 Å². The normalized spacial score (nSPS) is 21.8. The Morgan fingerprint density at radius 1 is 1.21 bits per heavy atom. The van der Waals surface area contributed by atoms with E-state index in [-0.39, 0.29) is 0 Å². The maximum Gasteiger partial charge on any atom is 0.335 e. The van der Waals surface area contributed by atoms with E-state index in [9.17, 15) is 4.79 Å². The van der Waals surface area contributed by atoms with E-state index in [1.54, 1.807) is 12.1 Å². The molecule has 1 aliphatic carbocycles. The first-order valence-corrected chi connectivity index (χ1v) is 8.77. The third-order valence-corrected chi connectivity index (χ3v) is 5.21. The van der Waals surface area contributed by atoms with Gasteiger partial charge in [-0.05, 0) is 55.8 Å². The Bertz CT molecular complexity index is 718. The second kappa shape index (κ2) is 6.40. The first kappa shape index (κ1) is 15.4. The molecule has 1 unspecified atom stereocenters. The summed E-state index contributed by atoms with van der Waals surface area (Å²) in [4.78, 5) is 17.8. The molecule has 5 nitrogen and oxygen atoms in total. The van der Waals surface area contributed by atoms with Gasteiger partial charge >= 0.3 is 5.97 Å². The van der Waals surface area contributed by atoms with Gasteiger partial charge in [-0.2, -0.15) is 0 Å². The molecule has 126 valence electrons. The zero-order valence-electron chi connectivity index (χ0n) is 13.8. The van der Waals surface area contributed by atoms with Gasteiger partial charge in [0.15, 0.2) is 0 Å². The van der Waals surface area contributed by atoms with Crippen molar-refractivity contribution in [1.29, 1.82) is 0 Å². The Morgan fingerprint density at radius 2 is 2.00 bits per heavy atom. The Balaban J connectivity index is 1.43. The van der Waals surface area contributed by atoms with Crippen LogP contribution in [0.1, 0.15) is 59.3 Å². The average Bonchev–Trinajstić information content (AvgIpc) is 3.35. The molecule has 1 aliphatic heterocycles. The van der Waals surface area contributed by atoms with Crippen molar-refractivity contribution in [2.24, 2.45) is 0 Å². The predicted octanol–water partition coefficient (Wildman–Crippen LogP) is 3.30. The quantitative estimate of drug-likeness (QED) is 0.916. The van der Waals surface area contributed by atoms with Gasteiger partial charge in [0.1, 0.15) is 0 Å². The summed E-state index contributed by atoms with van der Waals surface area (Å²) >= 11 is 0. The van der Waals surface area contributed by atoms with Crippen molar-refractivity contribution >= 4 is 5.97 Å². The third kappa shape index (κ3) is 3.22. The first-order valence-electron chi connectivity index (χ1n) is 8.77. The molecule has 24 heavy (non-hydrogen) atoms. The van der Waals surface area contributed by atoms with Crippen molar-refractivity contribution in [1.82, 2.24) is 14.5 Å². The maximum absolute atomic E-state index is 11.0. The summed E-state index contributed by atoms with van der Waals surface area (Å²) in [7, 11) is 0. The molecule has 2 aromatic rings. The molecule has 2 aliphatic rings. The lowest BCUT2D eigenvalue weighted by Gasteiger charge is -2.33. The first-order chi connectivity index (χ1) is 11.7. The summed E-state index contributed by atoms with van der Waals surface area (Å²) in [6.45, 7) is 3.11. The van der Waals surface area contributed by atoms with Crippen molar-refractivity contribution in [3.05, 3.63) is 53.6 Å². The number of rotatable bonds is 5. The third-order valence-electron chi connectivity index (χ3n) is 5.21. The number of benzene rings is 1. The number of carboxylic acid groups (broad SMARTS) is 1. The highest BCUT2D eigenvalue weighted by molar-refractivity contribution is 5.87. The van der Waals surface area contributed by atoms with Crippen LogP contribution in [0.4, 0.5) is 0 Å². The van der Waals surface area contributed by atoms with E-state index in [1.165, 1.54) is 36.9 Å². The number of aromatic carboxylic acids is 1. The molecule has 5 heteroatoms. The van der Waals surface area contributed by atoms with Gasteiger partial charge in [0.05, 0.1) is 17.6 Å². The molecule has 0 spiro atoms. The molecule has 1 atom stereocenters. The molecule has 0 amide bonds. The molecule has 0 bridgehead atoms. The lowest BCUT2D eigenvalue weighted by molar-refractivity contribution is 0.0697. The standard InChI is InChI=1S/C19H23N3O2/c23-19(24)15-5-3-14(4-6-15)16-2-1-9-21(11-16)12-18-10-20-13-22(18)17-7-8-17/h3-6,10,13,16-17H,1-2,7-9,11-12H2,(H,23,24). The van der Waals surface area contributed by atoms with Crippen LogP contribution in [-0.2, 0) is 6.54 Å². The van der Waals surface area contributed by atoms with Crippen LogP contribution in [-0.4, -0.2) is 38.6 Å². The van der Waals surface area contributed by atoms with Crippen LogP contribution in [0.5, 0.6) is 0 Å². The summed E-state index contributed by atoms with van der Waals surface area (Å²) in [6, 6.07) is 8.07. The molecular weight excluding hydrogens is 302 g/mol. The number of carboxylic acids is 1. The Morgan fingerprint density at radius 3 is 2.71 bits per heavy atom. The van der Waals surface area contributed by atoms with E-state index in [2.05, 4.69) is 14.5 Å². The highest BCUT2D eigenvalue weighted by Crippen LogP contribution is 2.36. The topological polar surface area (TPSA) is 58.4 Å². The average molecular weight is 325 g/mol. The summed E-state index contributed by atoms with van der Waals surface area (Å²) in [6.07, 6.45) is 8.89. The molecule has 1 saturated carbocycles. The zero-order valence-corrected chi connectivity index (χ0v) is 13.8. The van der Waals surface area contributed by atoms with Crippen LogP contribution in [0.25, 0.3) is 0 Å². The van der Waals surface area contributed by atoms with E-state index >= 15 is 0 Å². The lowest BCUT2D eigenvalue weighted by Crippen LogP contribution is -2.34. The van der Waals surface area contributed by atoms with Crippen LogP contribution in [0.3, 0.4) is 0 Å². The van der Waals surface area contributed by atoms with Crippen molar-refractivity contribution in [2.45, 2.75) is 44.2 Å². The lowest BCUT2D eigenvalue weighted by atomic mass is 9.90. The SMILES string of the molecule is O=C(O)c1ccc(C2CCCN(Cc3cncn3C3CC3)C2)cc1. The van der Waals surface area contributed by atoms with Crippen molar-refractivity contribution in [3.63, 3.8) is 0 Å². The minimum Gasteiger partial charge on any atom is -0.478 e. The fourth-order valence-electron chi connectivity index (χ4n) is 3.73. The monoisotopic (exact) mass is 325 g/mol. The van der Waals surface area contributed by atoms with E-state index in [0.717, 1.165) is 19.6 Å². The highest BCUT2D eigenvalue weighted by atomic mass is 16.4. The van der Waals surface area contributed by atoms with Crippen LogP contribution in [0.15, 0.2) is 36.8 Å². The van der Waals surface area contributed by atoms with Crippen molar-refractivity contribution in [3.8, 4) is 0 Å². The van der Waals surface area contributed by atoms with E-state index in [4.69, 9.17) is 5.11 Å². The fraction of sp³-hybridized carbons (Fsp3) is 0.474. The van der Waals surface area contributed by atoms with Gasteiger partial charge < -0.3 is 9.67 Å². The van der Waals surface area contributed by atoms with Crippen LogP contribution >= 0.6 is 0 Å².